The van der Waals surface area contributed by atoms with Crippen molar-refractivity contribution in [2.75, 3.05) is 31.4 Å². The van der Waals surface area contributed by atoms with Crippen LogP contribution in [0, 0.1) is 0 Å². The molecule has 0 radical (unpaired) electrons. The van der Waals surface area contributed by atoms with Gasteiger partial charge in [-0.25, -0.2) is 8.42 Å². The Bertz CT molecular complexity index is 896. The van der Waals surface area contributed by atoms with Gasteiger partial charge in [0, 0.05) is 24.3 Å². The van der Waals surface area contributed by atoms with Crippen molar-refractivity contribution in [1.82, 2.24) is 9.62 Å². The van der Waals surface area contributed by atoms with Crippen molar-refractivity contribution in [1.29, 1.82) is 0 Å². The summed E-state index contributed by atoms with van der Waals surface area (Å²) in [4.78, 5) is 28.0. The second-order valence-electron chi connectivity index (χ2n) is 8.40. The third-order valence-electron chi connectivity index (χ3n) is 6.00. The maximum atomic E-state index is 13.5. The van der Waals surface area contributed by atoms with Gasteiger partial charge in [0.2, 0.25) is 21.8 Å². The van der Waals surface area contributed by atoms with E-state index >= 15 is 0 Å². The molecule has 1 aromatic rings. The number of hydrogen-bond donors (Lipinski definition) is 1. The second kappa shape index (κ2) is 8.93. The topological polar surface area (TPSA) is 96.0 Å². The number of methoxy groups -OCH3 is 1. The number of ether oxygens (including phenoxy) is 1. The maximum Gasteiger partial charge on any atom is 0.247 e. The molecule has 166 valence electrons. The SMILES string of the molecule is COc1cccc(N2C(=O)CN(S(C)(=O)=O)CC2(C)C(=O)NC2CCCCCC2)c1. The fourth-order valence-corrected chi connectivity index (χ4v) is 5.15. The number of nitrogens with one attached hydrogen (secondary N) is 1. The molecule has 0 bridgehead atoms. The van der Waals surface area contributed by atoms with Gasteiger partial charge in [-0.3, -0.25) is 14.5 Å². The average Bonchev–Trinajstić information content (AvgIpc) is 2.95. The average molecular weight is 438 g/mol. The highest BCUT2D eigenvalue weighted by atomic mass is 32.2. The quantitative estimate of drug-likeness (QED) is 0.710. The highest BCUT2D eigenvalue weighted by Gasteiger charge is 2.50. The minimum Gasteiger partial charge on any atom is -0.497 e. The van der Waals surface area contributed by atoms with Gasteiger partial charge in [-0.1, -0.05) is 31.7 Å². The summed E-state index contributed by atoms with van der Waals surface area (Å²) < 4.78 is 30.8. The Morgan fingerprint density at radius 3 is 2.47 bits per heavy atom. The van der Waals surface area contributed by atoms with Gasteiger partial charge in [0.05, 0.1) is 19.9 Å². The number of sulfonamides is 1. The van der Waals surface area contributed by atoms with E-state index in [2.05, 4.69) is 5.32 Å². The molecule has 1 atom stereocenters. The summed E-state index contributed by atoms with van der Waals surface area (Å²) in [5.74, 6) is -0.227. The van der Waals surface area contributed by atoms with E-state index in [-0.39, 0.29) is 25.0 Å². The van der Waals surface area contributed by atoms with Crippen LogP contribution >= 0.6 is 0 Å². The Balaban J connectivity index is 1.97. The molecule has 1 unspecified atom stereocenters. The number of nitrogens with zero attached hydrogens (tertiary/aromatic N) is 2. The lowest BCUT2D eigenvalue weighted by molar-refractivity contribution is -0.133. The van der Waals surface area contributed by atoms with Crippen LogP contribution in [0.4, 0.5) is 5.69 Å². The molecule has 1 aliphatic heterocycles. The zero-order chi connectivity index (χ0) is 21.9. The molecule has 8 nitrogen and oxygen atoms in total. The Labute approximate surface area is 178 Å². The van der Waals surface area contributed by atoms with Gasteiger partial charge >= 0.3 is 0 Å². The summed E-state index contributed by atoms with van der Waals surface area (Å²) in [6.07, 6.45) is 7.26. The van der Waals surface area contributed by atoms with Crippen molar-refractivity contribution in [2.24, 2.45) is 0 Å². The number of benzene rings is 1. The predicted molar refractivity (Wildman–Crippen MR) is 115 cm³/mol. The molecule has 1 saturated heterocycles. The normalized spacial score (nSPS) is 24.4. The molecule has 2 fully saturated rings. The fraction of sp³-hybridized carbons (Fsp3) is 0.619. The zero-order valence-electron chi connectivity index (χ0n) is 17.9. The molecular weight excluding hydrogens is 406 g/mol. The third-order valence-corrected chi connectivity index (χ3v) is 7.20. The first-order valence-corrected chi connectivity index (χ1v) is 12.2. The van der Waals surface area contributed by atoms with Crippen LogP contribution < -0.4 is 15.0 Å². The largest absolute Gasteiger partial charge is 0.497 e. The Morgan fingerprint density at radius 1 is 1.20 bits per heavy atom. The van der Waals surface area contributed by atoms with E-state index in [9.17, 15) is 18.0 Å². The number of carbonyl (C=O) groups is 2. The molecule has 3 rings (SSSR count). The van der Waals surface area contributed by atoms with E-state index in [1.54, 1.807) is 31.2 Å². The first-order valence-electron chi connectivity index (χ1n) is 10.4. The number of rotatable bonds is 5. The van der Waals surface area contributed by atoms with E-state index in [0.29, 0.717) is 11.4 Å². The molecule has 1 N–H and O–H groups in total. The Kier molecular flexibility index (Phi) is 6.71. The van der Waals surface area contributed by atoms with Crippen LogP contribution in [0.25, 0.3) is 0 Å². The predicted octanol–water partition coefficient (Wildman–Crippen LogP) is 1.90. The molecule has 0 aromatic heterocycles. The van der Waals surface area contributed by atoms with Crippen LogP contribution in [0.3, 0.4) is 0 Å². The second-order valence-corrected chi connectivity index (χ2v) is 10.4. The van der Waals surface area contributed by atoms with Gasteiger partial charge in [0.25, 0.3) is 0 Å². The molecule has 1 saturated carbocycles. The maximum absolute atomic E-state index is 13.5. The lowest BCUT2D eigenvalue weighted by atomic mass is 9.93. The Morgan fingerprint density at radius 2 is 1.87 bits per heavy atom. The summed E-state index contributed by atoms with van der Waals surface area (Å²) >= 11 is 0. The molecule has 2 amide bonds. The molecule has 9 heteroatoms. The van der Waals surface area contributed by atoms with Crippen LogP contribution in [-0.2, 0) is 19.6 Å². The minimum atomic E-state index is -3.64. The number of hydrogen-bond acceptors (Lipinski definition) is 5. The first kappa shape index (κ1) is 22.6. The van der Waals surface area contributed by atoms with Crippen molar-refractivity contribution in [3.8, 4) is 5.75 Å². The molecule has 1 aromatic carbocycles. The van der Waals surface area contributed by atoms with Crippen molar-refractivity contribution in [3.63, 3.8) is 0 Å². The highest BCUT2D eigenvalue weighted by molar-refractivity contribution is 7.88. The van der Waals surface area contributed by atoms with Gasteiger partial charge in [-0.2, -0.15) is 4.31 Å². The van der Waals surface area contributed by atoms with Crippen LogP contribution in [0.1, 0.15) is 45.4 Å². The van der Waals surface area contributed by atoms with Gasteiger partial charge in [0.1, 0.15) is 11.3 Å². The minimum absolute atomic E-state index is 0.0349. The summed E-state index contributed by atoms with van der Waals surface area (Å²) in [5, 5.41) is 3.10. The fourth-order valence-electron chi connectivity index (χ4n) is 4.32. The van der Waals surface area contributed by atoms with Crippen LogP contribution in [0.5, 0.6) is 5.75 Å². The first-order chi connectivity index (χ1) is 14.1. The van der Waals surface area contributed by atoms with Gasteiger partial charge in [0.15, 0.2) is 0 Å². The summed E-state index contributed by atoms with van der Waals surface area (Å²) in [5.41, 5.74) is -0.872. The Hall–Kier alpha value is -2.13. The lowest BCUT2D eigenvalue weighted by Crippen LogP contribution is -2.70. The van der Waals surface area contributed by atoms with Crippen molar-refractivity contribution in [3.05, 3.63) is 24.3 Å². The summed E-state index contributed by atoms with van der Waals surface area (Å²) in [6, 6.07) is 6.95. The van der Waals surface area contributed by atoms with E-state index in [4.69, 9.17) is 4.74 Å². The van der Waals surface area contributed by atoms with Gasteiger partial charge in [-0.15, -0.1) is 0 Å². The van der Waals surface area contributed by atoms with E-state index in [1.807, 2.05) is 0 Å². The van der Waals surface area contributed by atoms with Gasteiger partial charge in [-0.05, 0) is 31.9 Å². The summed E-state index contributed by atoms with van der Waals surface area (Å²) in [7, 11) is -2.11. The lowest BCUT2D eigenvalue weighted by Gasteiger charge is -2.47. The van der Waals surface area contributed by atoms with Crippen LogP contribution in [0.15, 0.2) is 24.3 Å². The number of amides is 2. The molecule has 0 spiro atoms. The molecule has 2 aliphatic rings. The molecule has 1 heterocycles. The number of anilines is 1. The van der Waals surface area contributed by atoms with Crippen LogP contribution in [-0.4, -0.2) is 62.6 Å². The van der Waals surface area contributed by atoms with Crippen LogP contribution in [0.2, 0.25) is 0 Å². The van der Waals surface area contributed by atoms with Gasteiger partial charge < -0.3 is 10.1 Å². The molecule has 1 aliphatic carbocycles. The smallest absolute Gasteiger partial charge is 0.247 e. The number of piperazine rings is 1. The monoisotopic (exact) mass is 437 g/mol. The van der Waals surface area contributed by atoms with E-state index in [0.717, 1.165) is 49.1 Å². The van der Waals surface area contributed by atoms with Crippen molar-refractivity contribution in [2.45, 2.75) is 57.0 Å². The molecule has 30 heavy (non-hydrogen) atoms. The van der Waals surface area contributed by atoms with Crippen molar-refractivity contribution >= 4 is 27.5 Å². The zero-order valence-corrected chi connectivity index (χ0v) is 18.7. The number of carbonyl (C=O) groups excluding carboxylic acids is 2. The highest BCUT2D eigenvalue weighted by Crippen LogP contribution is 2.33. The molecular formula is C21H31N3O5S. The van der Waals surface area contributed by atoms with Crippen molar-refractivity contribution < 1.29 is 22.7 Å². The van der Waals surface area contributed by atoms with E-state index < -0.39 is 21.5 Å². The third kappa shape index (κ3) is 4.78. The van der Waals surface area contributed by atoms with E-state index in [1.165, 1.54) is 12.0 Å². The standard InChI is InChI=1S/C21H31N3O5S/c1-21(20(26)22-16-9-6-4-5-7-10-16)15-23(30(3,27)28)14-19(25)24(21)17-11-8-12-18(13-17)29-2/h8,11-13,16H,4-7,9-10,14-15H2,1-3H3,(H,22,26). The summed E-state index contributed by atoms with van der Waals surface area (Å²) in [6.45, 7) is 1.23.